The lowest BCUT2D eigenvalue weighted by molar-refractivity contribution is -0.113. The van der Waals surface area contributed by atoms with Gasteiger partial charge in [-0.25, -0.2) is 0 Å². The first-order chi connectivity index (χ1) is 10.9. The molecular weight excluding hydrogens is 331 g/mol. The Balaban J connectivity index is 2.14. The van der Waals surface area contributed by atoms with Gasteiger partial charge < -0.3 is 4.74 Å². The van der Waals surface area contributed by atoms with E-state index in [9.17, 15) is 4.79 Å². The molecule has 0 aromatic heterocycles. The van der Waals surface area contributed by atoms with Crippen molar-refractivity contribution in [3.63, 3.8) is 0 Å². The first kappa shape index (κ1) is 16.1. The van der Waals surface area contributed by atoms with E-state index in [0.29, 0.717) is 22.2 Å². The monoisotopic (exact) mass is 346 g/mol. The van der Waals surface area contributed by atoms with Crippen LogP contribution in [0.1, 0.15) is 31.4 Å². The Morgan fingerprint density at radius 1 is 0.957 bits per heavy atom. The Bertz CT molecular complexity index is 729. The van der Waals surface area contributed by atoms with Gasteiger partial charge in [0.15, 0.2) is 11.4 Å². The summed E-state index contributed by atoms with van der Waals surface area (Å²) < 4.78 is 6.25. The standard InChI is InChI=1S/C19H16Cl2O2/c1-12(22)18-11-19(23-13(18)2,14-3-7-16(20)8-4-14)15-5-9-17(21)10-6-15/h3-10H,11H2,1-2H3. The number of benzene rings is 2. The van der Waals surface area contributed by atoms with Crippen molar-refractivity contribution in [1.29, 1.82) is 0 Å². The number of ketones is 1. The number of halogens is 2. The molecule has 1 aliphatic heterocycles. The first-order valence-electron chi connectivity index (χ1n) is 7.34. The summed E-state index contributed by atoms with van der Waals surface area (Å²) in [4.78, 5) is 11.9. The number of ether oxygens (including phenoxy) is 1. The Kier molecular flexibility index (Phi) is 4.22. The third-order valence-corrected chi connectivity index (χ3v) is 4.73. The minimum atomic E-state index is -0.722. The fourth-order valence-corrected chi connectivity index (χ4v) is 3.28. The Hall–Kier alpha value is -1.77. The quantitative estimate of drug-likeness (QED) is 0.731. The van der Waals surface area contributed by atoms with E-state index >= 15 is 0 Å². The summed E-state index contributed by atoms with van der Waals surface area (Å²) in [6, 6.07) is 15.1. The lowest BCUT2D eigenvalue weighted by Gasteiger charge is -2.31. The second-order valence-electron chi connectivity index (χ2n) is 5.71. The summed E-state index contributed by atoms with van der Waals surface area (Å²) in [6.07, 6.45) is 0.497. The van der Waals surface area contributed by atoms with Crippen molar-refractivity contribution in [1.82, 2.24) is 0 Å². The highest BCUT2D eigenvalue weighted by Crippen LogP contribution is 2.47. The van der Waals surface area contributed by atoms with Gasteiger partial charge in [-0.15, -0.1) is 0 Å². The number of Topliss-reactive ketones (excluding diaryl/α,β-unsaturated/α-hetero) is 1. The van der Waals surface area contributed by atoms with Gasteiger partial charge in [0, 0.05) is 33.2 Å². The zero-order chi connectivity index (χ0) is 16.6. The van der Waals surface area contributed by atoms with Crippen molar-refractivity contribution in [3.05, 3.63) is 81.0 Å². The highest BCUT2D eigenvalue weighted by molar-refractivity contribution is 6.30. The van der Waals surface area contributed by atoms with Gasteiger partial charge in [0.2, 0.25) is 0 Å². The number of carbonyl (C=O) groups is 1. The number of hydrogen-bond acceptors (Lipinski definition) is 2. The molecule has 0 bridgehead atoms. The molecule has 1 aliphatic rings. The van der Waals surface area contributed by atoms with E-state index in [0.717, 1.165) is 16.7 Å². The maximum Gasteiger partial charge on any atom is 0.163 e. The smallest absolute Gasteiger partial charge is 0.163 e. The van der Waals surface area contributed by atoms with E-state index < -0.39 is 5.60 Å². The third kappa shape index (κ3) is 2.89. The number of rotatable bonds is 3. The zero-order valence-electron chi connectivity index (χ0n) is 12.9. The molecule has 23 heavy (non-hydrogen) atoms. The molecule has 0 saturated heterocycles. The molecule has 0 fully saturated rings. The maximum absolute atomic E-state index is 11.9. The van der Waals surface area contributed by atoms with Gasteiger partial charge in [-0.3, -0.25) is 4.79 Å². The Labute approximate surface area is 145 Å². The molecule has 2 aromatic rings. The first-order valence-corrected chi connectivity index (χ1v) is 8.10. The summed E-state index contributed by atoms with van der Waals surface area (Å²) in [7, 11) is 0. The van der Waals surface area contributed by atoms with Crippen LogP contribution in [-0.2, 0) is 15.1 Å². The Morgan fingerprint density at radius 3 is 1.74 bits per heavy atom. The van der Waals surface area contributed by atoms with Crippen molar-refractivity contribution < 1.29 is 9.53 Å². The van der Waals surface area contributed by atoms with Gasteiger partial charge in [0.05, 0.1) is 0 Å². The molecule has 0 saturated carbocycles. The molecule has 3 rings (SSSR count). The van der Waals surface area contributed by atoms with Crippen molar-refractivity contribution in [3.8, 4) is 0 Å². The van der Waals surface area contributed by atoms with E-state index in [1.165, 1.54) is 0 Å². The van der Waals surface area contributed by atoms with Crippen LogP contribution in [0.2, 0.25) is 10.0 Å². The highest BCUT2D eigenvalue weighted by atomic mass is 35.5. The van der Waals surface area contributed by atoms with Crippen LogP contribution in [0, 0.1) is 0 Å². The van der Waals surface area contributed by atoms with Crippen molar-refractivity contribution in [2.45, 2.75) is 25.9 Å². The predicted octanol–water partition coefficient (Wildman–Crippen LogP) is 5.52. The van der Waals surface area contributed by atoms with Gasteiger partial charge in [-0.1, -0.05) is 47.5 Å². The van der Waals surface area contributed by atoms with Crippen LogP contribution in [0.25, 0.3) is 0 Å². The van der Waals surface area contributed by atoms with Gasteiger partial charge in [0.1, 0.15) is 5.76 Å². The minimum Gasteiger partial charge on any atom is -0.482 e. The van der Waals surface area contributed by atoms with E-state index in [-0.39, 0.29) is 5.78 Å². The van der Waals surface area contributed by atoms with Crippen molar-refractivity contribution in [2.24, 2.45) is 0 Å². The third-order valence-electron chi connectivity index (χ3n) is 4.22. The fourth-order valence-electron chi connectivity index (χ4n) is 3.03. The summed E-state index contributed by atoms with van der Waals surface area (Å²) in [6.45, 7) is 3.41. The second kappa shape index (κ2) is 6.03. The molecule has 0 N–H and O–H groups in total. The van der Waals surface area contributed by atoms with Crippen LogP contribution in [0.3, 0.4) is 0 Å². The lowest BCUT2D eigenvalue weighted by Crippen LogP contribution is -2.27. The average Bonchev–Trinajstić information content (AvgIpc) is 2.87. The molecule has 118 valence electrons. The molecule has 0 spiro atoms. The summed E-state index contributed by atoms with van der Waals surface area (Å²) in [5.74, 6) is 0.703. The van der Waals surface area contributed by atoms with Crippen LogP contribution in [-0.4, -0.2) is 5.78 Å². The molecule has 0 amide bonds. The van der Waals surface area contributed by atoms with E-state index in [4.69, 9.17) is 27.9 Å². The maximum atomic E-state index is 11.9. The van der Waals surface area contributed by atoms with Gasteiger partial charge in [-0.05, 0) is 38.1 Å². The number of allylic oxidation sites excluding steroid dienone is 1. The molecule has 2 aromatic carbocycles. The van der Waals surface area contributed by atoms with Gasteiger partial charge in [0.25, 0.3) is 0 Å². The fraction of sp³-hybridized carbons (Fsp3) is 0.211. The molecule has 0 unspecified atom stereocenters. The molecular formula is C19H16Cl2O2. The van der Waals surface area contributed by atoms with E-state index in [1.54, 1.807) is 6.92 Å². The van der Waals surface area contributed by atoms with E-state index in [1.807, 2.05) is 55.5 Å². The topological polar surface area (TPSA) is 26.3 Å². The second-order valence-corrected chi connectivity index (χ2v) is 6.58. The predicted molar refractivity (Wildman–Crippen MR) is 92.8 cm³/mol. The molecule has 4 heteroatoms. The highest BCUT2D eigenvalue weighted by Gasteiger charge is 2.44. The van der Waals surface area contributed by atoms with Crippen LogP contribution < -0.4 is 0 Å². The SMILES string of the molecule is CC(=O)C1=C(C)OC(c2ccc(Cl)cc2)(c2ccc(Cl)cc2)C1. The van der Waals surface area contributed by atoms with Crippen LogP contribution >= 0.6 is 23.2 Å². The van der Waals surface area contributed by atoms with Crippen molar-refractivity contribution >= 4 is 29.0 Å². The van der Waals surface area contributed by atoms with Crippen LogP contribution in [0.4, 0.5) is 0 Å². The zero-order valence-corrected chi connectivity index (χ0v) is 14.4. The number of carbonyl (C=O) groups excluding carboxylic acids is 1. The molecule has 0 atom stereocenters. The van der Waals surface area contributed by atoms with Gasteiger partial charge in [-0.2, -0.15) is 0 Å². The lowest BCUT2D eigenvalue weighted by atomic mass is 9.82. The van der Waals surface area contributed by atoms with Crippen molar-refractivity contribution in [2.75, 3.05) is 0 Å². The normalized spacial score (nSPS) is 16.3. The molecule has 0 radical (unpaired) electrons. The molecule has 1 heterocycles. The van der Waals surface area contributed by atoms with Gasteiger partial charge >= 0.3 is 0 Å². The molecule has 2 nitrogen and oxygen atoms in total. The number of hydrogen-bond donors (Lipinski definition) is 0. The van der Waals surface area contributed by atoms with Crippen LogP contribution in [0.5, 0.6) is 0 Å². The summed E-state index contributed by atoms with van der Waals surface area (Å²) in [5, 5.41) is 1.32. The Morgan fingerprint density at radius 2 is 1.39 bits per heavy atom. The minimum absolute atomic E-state index is 0.0345. The largest absolute Gasteiger partial charge is 0.482 e. The van der Waals surface area contributed by atoms with Crippen LogP contribution in [0.15, 0.2) is 59.9 Å². The molecule has 0 aliphatic carbocycles. The summed E-state index contributed by atoms with van der Waals surface area (Å²) in [5.41, 5.74) is 1.91. The average molecular weight is 347 g/mol. The van der Waals surface area contributed by atoms with E-state index in [2.05, 4.69) is 0 Å². The summed E-state index contributed by atoms with van der Waals surface area (Å²) >= 11 is 12.0.